The van der Waals surface area contributed by atoms with Crippen LogP contribution in [-0.2, 0) is 20.8 Å². The fourth-order valence-electron chi connectivity index (χ4n) is 3.74. The molecule has 6 heteroatoms. The molecule has 32 heavy (non-hydrogen) atoms. The number of carboxylic acid groups (broad SMARTS) is 1. The molecule has 0 aliphatic rings. The lowest BCUT2D eigenvalue weighted by Gasteiger charge is -2.28. The van der Waals surface area contributed by atoms with E-state index in [1.807, 2.05) is 91.0 Å². The number of rotatable bonds is 9. The third kappa shape index (κ3) is 6.04. The zero-order valence-electron chi connectivity index (χ0n) is 17.8. The summed E-state index contributed by atoms with van der Waals surface area (Å²) in [5, 5.41) is 15.4. The van der Waals surface area contributed by atoms with Gasteiger partial charge in [-0.05, 0) is 16.7 Å². The fraction of sp³-hybridized carbons (Fsp3) is 0.192. The van der Waals surface area contributed by atoms with Crippen LogP contribution in [0.1, 0.15) is 29.5 Å². The standard InChI is InChI=1S/C26H26N2O4/c1-18(29)27-22(17-19-11-5-2-6-12-19)25(30)28-24(26(31)32)23(20-13-7-3-8-14-20)21-15-9-4-10-16-21/h2-16,22-24H,17H2,1H3,(H,27,29)(H,28,30)(H,31,32)/t22-,24+/m1/s1. The Balaban J connectivity index is 1.92. The Morgan fingerprint density at radius 2 is 1.22 bits per heavy atom. The molecule has 0 bridgehead atoms. The van der Waals surface area contributed by atoms with Crippen LogP contribution in [0.5, 0.6) is 0 Å². The fourth-order valence-corrected chi connectivity index (χ4v) is 3.74. The Kier molecular flexibility index (Phi) is 7.75. The van der Waals surface area contributed by atoms with Gasteiger partial charge in [0.1, 0.15) is 12.1 Å². The summed E-state index contributed by atoms with van der Waals surface area (Å²) in [4.78, 5) is 37.2. The van der Waals surface area contributed by atoms with Crippen molar-refractivity contribution in [1.82, 2.24) is 10.6 Å². The van der Waals surface area contributed by atoms with Crippen LogP contribution >= 0.6 is 0 Å². The van der Waals surface area contributed by atoms with Crippen LogP contribution in [0.15, 0.2) is 91.0 Å². The van der Waals surface area contributed by atoms with Crippen molar-refractivity contribution in [2.75, 3.05) is 0 Å². The van der Waals surface area contributed by atoms with Gasteiger partial charge in [-0.25, -0.2) is 4.79 Å². The summed E-state index contributed by atoms with van der Waals surface area (Å²) in [6.07, 6.45) is 0.250. The summed E-state index contributed by atoms with van der Waals surface area (Å²) < 4.78 is 0. The first kappa shape index (κ1) is 22.7. The van der Waals surface area contributed by atoms with E-state index in [1.165, 1.54) is 6.92 Å². The van der Waals surface area contributed by atoms with E-state index in [1.54, 1.807) is 0 Å². The Morgan fingerprint density at radius 1 is 0.750 bits per heavy atom. The first-order chi connectivity index (χ1) is 15.5. The van der Waals surface area contributed by atoms with Crippen LogP contribution in [0.25, 0.3) is 0 Å². The molecule has 0 heterocycles. The predicted molar refractivity (Wildman–Crippen MR) is 122 cm³/mol. The first-order valence-electron chi connectivity index (χ1n) is 10.4. The lowest BCUT2D eigenvalue weighted by atomic mass is 9.84. The van der Waals surface area contributed by atoms with E-state index in [0.29, 0.717) is 0 Å². The summed E-state index contributed by atoms with van der Waals surface area (Å²) in [6.45, 7) is 1.33. The number of aliphatic carboxylic acids is 1. The highest BCUT2D eigenvalue weighted by Gasteiger charge is 2.34. The molecule has 0 aliphatic heterocycles. The van der Waals surface area contributed by atoms with Gasteiger partial charge in [0.2, 0.25) is 11.8 Å². The third-order valence-electron chi connectivity index (χ3n) is 5.19. The average Bonchev–Trinajstić information content (AvgIpc) is 2.80. The normalized spacial score (nSPS) is 12.6. The zero-order valence-corrected chi connectivity index (χ0v) is 17.8. The van der Waals surface area contributed by atoms with E-state index in [0.717, 1.165) is 16.7 Å². The van der Waals surface area contributed by atoms with Crippen LogP contribution in [-0.4, -0.2) is 35.0 Å². The maximum Gasteiger partial charge on any atom is 0.327 e. The summed E-state index contributed by atoms with van der Waals surface area (Å²) in [5.74, 6) is -2.67. The molecule has 3 aromatic carbocycles. The number of benzene rings is 3. The Labute approximate surface area is 187 Å². The van der Waals surface area contributed by atoms with Gasteiger partial charge in [-0.3, -0.25) is 9.59 Å². The Morgan fingerprint density at radius 3 is 1.66 bits per heavy atom. The van der Waals surface area contributed by atoms with E-state index < -0.39 is 29.9 Å². The number of carbonyl (C=O) groups is 3. The van der Waals surface area contributed by atoms with Crippen molar-refractivity contribution < 1.29 is 19.5 Å². The van der Waals surface area contributed by atoms with E-state index in [9.17, 15) is 19.5 Å². The summed E-state index contributed by atoms with van der Waals surface area (Å²) in [7, 11) is 0. The van der Waals surface area contributed by atoms with Gasteiger partial charge >= 0.3 is 5.97 Å². The number of carbonyl (C=O) groups excluding carboxylic acids is 2. The maximum atomic E-state index is 13.2. The second kappa shape index (κ2) is 10.9. The number of nitrogens with one attached hydrogen (secondary N) is 2. The van der Waals surface area contributed by atoms with Crippen LogP contribution < -0.4 is 10.6 Å². The van der Waals surface area contributed by atoms with Gasteiger partial charge in [0.25, 0.3) is 0 Å². The second-order valence-corrected chi connectivity index (χ2v) is 7.57. The predicted octanol–water partition coefficient (Wildman–Crippen LogP) is 3.14. The van der Waals surface area contributed by atoms with Crippen molar-refractivity contribution in [3.05, 3.63) is 108 Å². The summed E-state index contributed by atoms with van der Waals surface area (Å²) in [6, 6.07) is 25.6. The lowest BCUT2D eigenvalue weighted by Crippen LogP contribution is -2.53. The molecular formula is C26H26N2O4. The molecule has 0 aromatic heterocycles. The molecule has 0 saturated carbocycles. The van der Waals surface area contributed by atoms with Gasteiger partial charge in [0, 0.05) is 19.3 Å². The van der Waals surface area contributed by atoms with Crippen LogP contribution in [0.2, 0.25) is 0 Å². The van der Waals surface area contributed by atoms with Crippen molar-refractivity contribution in [3.8, 4) is 0 Å². The minimum absolute atomic E-state index is 0.250. The first-order valence-corrected chi connectivity index (χ1v) is 10.4. The van der Waals surface area contributed by atoms with Crippen LogP contribution in [0.3, 0.4) is 0 Å². The van der Waals surface area contributed by atoms with Gasteiger partial charge in [0.15, 0.2) is 0 Å². The molecule has 3 N–H and O–H groups in total. The Bertz CT molecular complexity index is 1000. The van der Waals surface area contributed by atoms with Gasteiger partial charge in [-0.15, -0.1) is 0 Å². The van der Waals surface area contributed by atoms with Crippen molar-refractivity contribution in [2.45, 2.75) is 31.3 Å². The molecular weight excluding hydrogens is 404 g/mol. The lowest BCUT2D eigenvalue weighted by molar-refractivity contribution is -0.142. The molecule has 3 rings (SSSR count). The smallest absolute Gasteiger partial charge is 0.327 e. The topological polar surface area (TPSA) is 95.5 Å². The molecule has 2 atom stereocenters. The minimum atomic E-state index is -1.22. The van der Waals surface area contributed by atoms with E-state index in [4.69, 9.17) is 0 Å². The molecule has 0 radical (unpaired) electrons. The van der Waals surface area contributed by atoms with Gasteiger partial charge in [-0.1, -0.05) is 91.0 Å². The third-order valence-corrected chi connectivity index (χ3v) is 5.19. The second-order valence-electron chi connectivity index (χ2n) is 7.57. The molecule has 0 spiro atoms. The number of carboxylic acids is 1. The minimum Gasteiger partial charge on any atom is -0.480 e. The highest BCUT2D eigenvalue weighted by atomic mass is 16.4. The highest BCUT2D eigenvalue weighted by Crippen LogP contribution is 2.28. The number of amides is 2. The number of hydrogen-bond acceptors (Lipinski definition) is 3. The van der Waals surface area contributed by atoms with Crippen molar-refractivity contribution in [3.63, 3.8) is 0 Å². The van der Waals surface area contributed by atoms with Crippen LogP contribution in [0.4, 0.5) is 0 Å². The summed E-state index contributed by atoms with van der Waals surface area (Å²) >= 11 is 0. The quantitative estimate of drug-likeness (QED) is 0.486. The highest BCUT2D eigenvalue weighted by molar-refractivity contribution is 5.90. The molecule has 6 nitrogen and oxygen atoms in total. The van der Waals surface area contributed by atoms with E-state index >= 15 is 0 Å². The Hall–Kier alpha value is -3.93. The summed E-state index contributed by atoms with van der Waals surface area (Å²) in [5.41, 5.74) is 2.40. The monoisotopic (exact) mass is 430 g/mol. The molecule has 3 aromatic rings. The average molecular weight is 431 g/mol. The zero-order chi connectivity index (χ0) is 22.9. The molecule has 0 aliphatic carbocycles. The molecule has 0 unspecified atom stereocenters. The van der Waals surface area contributed by atoms with E-state index in [2.05, 4.69) is 10.6 Å². The SMILES string of the molecule is CC(=O)N[C@H](Cc1ccccc1)C(=O)N[C@H](C(=O)O)C(c1ccccc1)c1ccccc1. The van der Waals surface area contributed by atoms with Gasteiger partial charge < -0.3 is 15.7 Å². The molecule has 0 fully saturated rings. The van der Waals surface area contributed by atoms with Crippen molar-refractivity contribution >= 4 is 17.8 Å². The van der Waals surface area contributed by atoms with Crippen molar-refractivity contribution in [1.29, 1.82) is 0 Å². The number of hydrogen-bond donors (Lipinski definition) is 3. The van der Waals surface area contributed by atoms with Gasteiger partial charge in [0.05, 0.1) is 0 Å². The van der Waals surface area contributed by atoms with E-state index in [-0.39, 0.29) is 12.3 Å². The van der Waals surface area contributed by atoms with Crippen molar-refractivity contribution in [2.24, 2.45) is 0 Å². The van der Waals surface area contributed by atoms with Crippen LogP contribution in [0, 0.1) is 0 Å². The molecule has 164 valence electrons. The largest absolute Gasteiger partial charge is 0.480 e. The molecule has 0 saturated heterocycles. The van der Waals surface area contributed by atoms with Gasteiger partial charge in [-0.2, -0.15) is 0 Å². The molecule has 2 amide bonds. The maximum absolute atomic E-state index is 13.2.